The Morgan fingerprint density at radius 2 is 2.15 bits per heavy atom. The molecule has 1 saturated heterocycles. The van der Waals surface area contributed by atoms with Gasteiger partial charge >= 0.3 is 0 Å². The number of hydrogen-bond acceptors (Lipinski definition) is 4. The van der Waals surface area contributed by atoms with Gasteiger partial charge in [0.1, 0.15) is 5.75 Å². The number of para-hydroxylation sites is 1. The zero-order valence-corrected chi connectivity index (χ0v) is 15.3. The molecule has 2 aromatic rings. The summed E-state index contributed by atoms with van der Waals surface area (Å²) in [7, 11) is 1.72. The highest BCUT2D eigenvalue weighted by atomic mass is 16.5. The minimum Gasteiger partial charge on any atom is -0.496 e. The summed E-state index contributed by atoms with van der Waals surface area (Å²) in [5.74, 6) is 1.23. The first-order valence-corrected chi connectivity index (χ1v) is 9.39. The monoisotopic (exact) mass is 354 g/mol. The molecule has 0 N–H and O–H groups in total. The number of nitrogens with zero attached hydrogens (tertiary/aromatic N) is 4. The average molecular weight is 354 g/mol. The molecule has 138 valence electrons. The van der Waals surface area contributed by atoms with Crippen molar-refractivity contribution in [2.24, 2.45) is 0 Å². The van der Waals surface area contributed by atoms with Crippen LogP contribution >= 0.6 is 0 Å². The van der Waals surface area contributed by atoms with Crippen molar-refractivity contribution < 1.29 is 9.53 Å². The van der Waals surface area contributed by atoms with Gasteiger partial charge in [0.2, 0.25) is 5.91 Å². The van der Waals surface area contributed by atoms with Crippen LogP contribution in [0.25, 0.3) is 0 Å². The summed E-state index contributed by atoms with van der Waals surface area (Å²) in [6.45, 7) is 4.41. The highest BCUT2D eigenvalue weighted by Gasteiger charge is 2.28. The van der Waals surface area contributed by atoms with Crippen LogP contribution in [-0.4, -0.2) is 52.2 Å². The maximum atomic E-state index is 11.9. The SMILES string of the molecule is COc1ccccc1CN1Cc2ccnn2[C@@H](CCN2CCCC2=O)C1. The molecule has 0 unspecified atom stereocenters. The molecule has 4 rings (SSSR count). The molecule has 26 heavy (non-hydrogen) atoms. The first kappa shape index (κ1) is 17.1. The van der Waals surface area contributed by atoms with E-state index in [-0.39, 0.29) is 0 Å². The van der Waals surface area contributed by atoms with Crippen LogP contribution in [-0.2, 0) is 17.9 Å². The number of methoxy groups -OCH3 is 1. The minimum atomic E-state index is 0.298. The first-order valence-electron chi connectivity index (χ1n) is 9.39. The van der Waals surface area contributed by atoms with Gasteiger partial charge in [-0.05, 0) is 25.0 Å². The molecule has 2 aliphatic heterocycles. The Balaban J connectivity index is 1.46. The number of ether oxygens (including phenoxy) is 1. The molecule has 0 aliphatic carbocycles. The lowest BCUT2D eigenvalue weighted by Crippen LogP contribution is -2.39. The summed E-state index contributed by atoms with van der Waals surface area (Å²) in [5.41, 5.74) is 2.44. The fourth-order valence-electron chi connectivity index (χ4n) is 4.12. The molecule has 0 bridgehead atoms. The van der Waals surface area contributed by atoms with Gasteiger partial charge in [0.25, 0.3) is 0 Å². The quantitative estimate of drug-likeness (QED) is 0.800. The molecular weight excluding hydrogens is 328 g/mol. The molecule has 0 saturated carbocycles. The first-order chi connectivity index (χ1) is 12.7. The van der Waals surface area contributed by atoms with Gasteiger partial charge in [0, 0.05) is 50.9 Å². The molecule has 0 spiro atoms. The molecule has 1 aromatic heterocycles. The van der Waals surface area contributed by atoms with Gasteiger partial charge in [-0.3, -0.25) is 14.4 Å². The summed E-state index contributed by atoms with van der Waals surface area (Å²) in [6.07, 6.45) is 4.53. The van der Waals surface area contributed by atoms with Crippen molar-refractivity contribution in [3.8, 4) is 5.75 Å². The standard InChI is InChI=1S/C20H26N4O2/c1-26-19-6-3-2-5-16(19)13-22-14-17-8-10-21-24(17)18(15-22)9-12-23-11-4-7-20(23)25/h2-3,5-6,8,10,18H,4,7,9,11-15H2,1H3/t18-/m0/s1. The van der Waals surface area contributed by atoms with E-state index in [9.17, 15) is 4.79 Å². The maximum Gasteiger partial charge on any atom is 0.222 e. The Kier molecular flexibility index (Phi) is 4.93. The van der Waals surface area contributed by atoms with Gasteiger partial charge in [-0.2, -0.15) is 5.10 Å². The number of rotatable bonds is 6. The number of fused-ring (bicyclic) bond motifs is 1. The second-order valence-electron chi connectivity index (χ2n) is 7.18. The molecule has 2 aliphatic rings. The normalized spacial score (nSPS) is 20.4. The maximum absolute atomic E-state index is 11.9. The molecule has 6 heteroatoms. The highest BCUT2D eigenvalue weighted by molar-refractivity contribution is 5.78. The predicted molar refractivity (Wildman–Crippen MR) is 98.8 cm³/mol. The van der Waals surface area contributed by atoms with Crippen molar-refractivity contribution in [2.75, 3.05) is 26.7 Å². The van der Waals surface area contributed by atoms with Gasteiger partial charge in [0.05, 0.1) is 18.8 Å². The Labute approximate surface area is 154 Å². The smallest absolute Gasteiger partial charge is 0.222 e. The van der Waals surface area contributed by atoms with Crippen molar-refractivity contribution in [3.05, 3.63) is 47.8 Å². The number of likely N-dealkylation sites (tertiary alicyclic amines) is 1. The summed E-state index contributed by atoms with van der Waals surface area (Å²) in [5, 5.41) is 4.54. The number of carbonyl (C=O) groups excluding carboxylic acids is 1. The van der Waals surface area contributed by atoms with Crippen LogP contribution in [0, 0.1) is 0 Å². The summed E-state index contributed by atoms with van der Waals surface area (Å²) in [4.78, 5) is 16.3. The van der Waals surface area contributed by atoms with Crippen LogP contribution in [0.3, 0.4) is 0 Å². The van der Waals surface area contributed by atoms with Gasteiger partial charge in [-0.15, -0.1) is 0 Å². The highest BCUT2D eigenvalue weighted by Crippen LogP contribution is 2.27. The second kappa shape index (κ2) is 7.50. The van der Waals surface area contributed by atoms with E-state index >= 15 is 0 Å². The van der Waals surface area contributed by atoms with Gasteiger partial charge in [-0.25, -0.2) is 0 Å². The number of aromatic nitrogens is 2. The molecular formula is C20H26N4O2. The topological polar surface area (TPSA) is 50.6 Å². The fourth-order valence-corrected chi connectivity index (χ4v) is 4.12. The lowest BCUT2D eigenvalue weighted by molar-refractivity contribution is -0.127. The van der Waals surface area contributed by atoms with Crippen LogP contribution in [0.5, 0.6) is 5.75 Å². The van der Waals surface area contributed by atoms with E-state index in [1.807, 2.05) is 23.2 Å². The second-order valence-corrected chi connectivity index (χ2v) is 7.18. The van der Waals surface area contributed by atoms with Crippen LogP contribution in [0.15, 0.2) is 36.5 Å². The number of benzene rings is 1. The van der Waals surface area contributed by atoms with E-state index in [1.54, 1.807) is 7.11 Å². The van der Waals surface area contributed by atoms with Crippen LogP contribution in [0.4, 0.5) is 0 Å². The van der Waals surface area contributed by atoms with Crippen LogP contribution in [0.1, 0.15) is 36.6 Å². The van der Waals surface area contributed by atoms with E-state index in [1.165, 1.54) is 11.3 Å². The minimum absolute atomic E-state index is 0.298. The average Bonchev–Trinajstić information content (AvgIpc) is 3.29. The van der Waals surface area contributed by atoms with Crippen molar-refractivity contribution >= 4 is 5.91 Å². The summed E-state index contributed by atoms with van der Waals surface area (Å²) >= 11 is 0. The Bertz CT molecular complexity index is 773. The largest absolute Gasteiger partial charge is 0.496 e. The van der Waals surface area contributed by atoms with Crippen LogP contribution < -0.4 is 4.74 Å². The van der Waals surface area contributed by atoms with Crippen molar-refractivity contribution in [1.82, 2.24) is 19.6 Å². The van der Waals surface area contributed by atoms with Crippen LogP contribution in [0.2, 0.25) is 0 Å². The number of hydrogen-bond donors (Lipinski definition) is 0. The van der Waals surface area contributed by atoms with Crippen molar-refractivity contribution in [1.29, 1.82) is 0 Å². The third-order valence-electron chi connectivity index (χ3n) is 5.44. The Morgan fingerprint density at radius 1 is 1.27 bits per heavy atom. The van der Waals surface area contributed by atoms with Gasteiger partial charge in [-0.1, -0.05) is 18.2 Å². The zero-order valence-electron chi connectivity index (χ0n) is 15.3. The third-order valence-corrected chi connectivity index (χ3v) is 5.44. The lowest BCUT2D eigenvalue weighted by Gasteiger charge is -2.35. The molecule has 3 heterocycles. The van der Waals surface area contributed by atoms with Gasteiger partial charge < -0.3 is 9.64 Å². The summed E-state index contributed by atoms with van der Waals surface area (Å²) in [6, 6.07) is 10.6. The molecule has 6 nitrogen and oxygen atoms in total. The molecule has 1 amide bonds. The van der Waals surface area contributed by atoms with E-state index in [0.29, 0.717) is 18.4 Å². The molecule has 1 aromatic carbocycles. The molecule has 0 radical (unpaired) electrons. The Morgan fingerprint density at radius 3 is 2.96 bits per heavy atom. The summed E-state index contributed by atoms with van der Waals surface area (Å²) < 4.78 is 7.66. The number of carbonyl (C=O) groups is 1. The van der Waals surface area contributed by atoms with E-state index in [0.717, 1.165) is 51.3 Å². The number of amides is 1. The lowest BCUT2D eigenvalue weighted by atomic mass is 10.1. The molecule has 1 fully saturated rings. The zero-order chi connectivity index (χ0) is 17.9. The van der Waals surface area contributed by atoms with E-state index < -0.39 is 0 Å². The fraction of sp³-hybridized carbons (Fsp3) is 0.500. The van der Waals surface area contributed by atoms with Crippen molar-refractivity contribution in [3.63, 3.8) is 0 Å². The van der Waals surface area contributed by atoms with Crippen molar-refractivity contribution in [2.45, 2.75) is 38.4 Å². The Hall–Kier alpha value is -2.34. The molecule has 1 atom stereocenters. The van der Waals surface area contributed by atoms with E-state index in [2.05, 4.69) is 32.9 Å². The van der Waals surface area contributed by atoms with E-state index in [4.69, 9.17) is 4.74 Å². The van der Waals surface area contributed by atoms with Gasteiger partial charge in [0.15, 0.2) is 0 Å². The predicted octanol–water partition coefficient (Wildman–Crippen LogP) is 2.46. The third kappa shape index (κ3) is 3.46.